The van der Waals surface area contributed by atoms with Crippen LogP contribution in [0.25, 0.3) is 0 Å². The van der Waals surface area contributed by atoms with Crippen molar-refractivity contribution in [1.82, 2.24) is 5.48 Å². The van der Waals surface area contributed by atoms with Gasteiger partial charge in [-0.25, -0.2) is 5.48 Å². The van der Waals surface area contributed by atoms with Gasteiger partial charge in [0.2, 0.25) is 0 Å². The molecule has 0 saturated carbocycles. The molecule has 0 bridgehead atoms. The van der Waals surface area contributed by atoms with Gasteiger partial charge < -0.3 is 10.5 Å². The lowest BCUT2D eigenvalue weighted by atomic mass is 10.1. The molecule has 1 aromatic carbocycles. The number of hydrogen-bond donors (Lipinski definition) is 3. The van der Waals surface area contributed by atoms with Gasteiger partial charge in [0.15, 0.2) is 0 Å². The fourth-order valence-corrected chi connectivity index (χ4v) is 1.14. The third-order valence-electron chi connectivity index (χ3n) is 1.71. The van der Waals surface area contributed by atoms with Crippen LogP contribution in [0.15, 0.2) is 18.2 Å². The van der Waals surface area contributed by atoms with Gasteiger partial charge >= 0.3 is 0 Å². The molecule has 0 radical (unpaired) electrons. The highest BCUT2D eigenvalue weighted by atomic mass is 16.5. The first-order chi connectivity index (χ1) is 7.04. The molecule has 1 amide bonds. The smallest absolute Gasteiger partial charge is 0.278 e. The molecule has 0 atom stereocenters. The van der Waals surface area contributed by atoms with Crippen molar-refractivity contribution in [2.45, 2.75) is 20.0 Å². The normalized spacial score (nSPS) is 10.1. The molecule has 0 saturated heterocycles. The Balaban J connectivity index is 3.08. The number of ether oxygens (including phenoxy) is 1. The SMILES string of the molecule is CC(C)Oc1ccc(N)cc1C(=O)NO. The van der Waals surface area contributed by atoms with Crippen molar-refractivity contribution >= 4 is 11.6 Å². The number of carbonyl (C=O) groups excluding carboxylic acids is 1. The molecule has 0 aliphatic heterocycles. The molecule has 0 aliphatic carbocycles. The topological polar surface area (TPSA) is 84.6 Å². The summed E-state index contributed by atoms with van der Waals surface area (Å²) in [4.78, 5) is 11.3. The van der Waals surface area contributed by atoms with Crippen LogP contribution >= 0.6 is 0 Å². The zero-order chi connectivity index (χ0) is 11.4. The maximum atomic E-state index is 11.3. The van der Waals surface area contributed by atoms with Crippen LogP contribution in [0.1, 0.15) is 24.2 Å². The van der Waals surface area contributed by atoms with E-state index in [4.69, 9.17) is 15.7 Å². The molecule has 82 valence electrons. The summed E-state index contributed by atoms with van der Waals surface area (Å²) in [6.45, 7) is 3.69. The van der Waals surface area contributed by atoms with Gasteiger partial charge in [-0.2, -0.15) is 0 Å². The van der Waals surface area contributed by atoms with E-state index in [1.54, 1.807) is 17.6 Å². The van der Waals surface area contributed by atoms with E-state index in [1.807, 2.05) is 13.8 Å². The maximum Gasteiger partial charge on any atom is 0.278 e. The van der Waals surface area contributed by atoms with Crippen molar-refractivity contribution in [2.24, 2.45) is 0 Å². The van der Waals surface area contributed by atoms with Crippen molar-refractivity contribution in [3.63, 3.8) is 0 Å². The summed E-state index contributed by atoms with van der Waals surface area (Å²) >= 11 is 0. The van der Waals surface area contributed by atoms with Gasteiger partial charge in [0.1, 0.15) is 5.75 Å². The van der Waals surface area contributed by atoms with Crippen LogP contribution in [0.2, 0.25) is 0 Å². The van der Waals surface area contributed by atoms with E-state index in [0.29, 0.717) is 11.4 Å². The highest BCUT2D eigenvalue weighted by Crippen LogP contribution is 2.22. The molecule has 0 spiro atoms. The number of carbonyl (C=O) groups is 1. The number of hydrogen-bond acceptors (Lipinski definition) is 4. The Morgan fingerprint density at radius 1 is 1.53 bits per heavy atom. The highest BCUT2D eigenvalue weighted by molar-refractivity contribution is 5.97. The van der Waals surface area contributed by atoms with E-state index in [9.17, 15) is 4.79 Å². The first-order valence-corrected chi connectivity index (χ1v) is 4.55. The third-order valence-corrected chi connectivity index (χ3v) is 1.71. The van der Waals surface area contributed by atoms with E-state index < -0.39 is 5.91 Å². The van der Waals surface area contributed by atoms with Gasteiger partial charge in [0, 0.05) is 5.69 Å². The second kappa shape index (κ2) is 4.65. The molecule has 1 rings (SSSR count). The van der Waals surface area contributed by atoms with Gasteiger partial charge in [-0.15, -0.1) is 0 Å². The number of nitrogens with one attached hydrogen (secondary N) is 1. The minimum atomic E-state index is -0.641. The third kappa shape index (κ3) is 2.85. The molecule has 4 N–H and O–H groups in total. The van der Waals surface area contributed by atoms with Crippen LogP contribution in [0.4, 0.5) is 5.69 Å². The quantitative estimate of drug-likeness (QED) is 0.397. The van der Waals surface area contributed by atoms with Gasteiger partial charge in [-0.1, -0.05) is 0 Å². The van der Waals surface area contributed by atoms with Gasteiger partial charge in [0.25, 0.3) is 5.91 Å². The van der Waals surface area contributed by atoms with E-state index in [1.165, 1.54) is 6.07 Å². The van der Waals surface area contributed by atoms with Crippen LogP contribution in [-0.4, -0.2) is 17.2 Å². The van der Waals surface area contributed by atoms with Gasteiger partial charge in [-0.05, 0) is 32.0 Å². The second-order valence-electron chi connectivity index (χ2n) is 3.36. The lowest BCUT2D eigenvalue weighted by molar-refractivity contribution is 0.0700. The number of hydroxylamine groups is 1. The molecule has 0 fully saturated rings. The first kappa shape index (κ1) is 11.3. The molecule has 15 heavy (non-hydrogen) atoms. The highest BCUT2D eigenvalue weighted by Gasteiger charge is 2.13. The van der Waals surface area contributed by atoms with E-state index in [2.05, 4.69) is 0 Å². The summed E-state index contributed by atoms with van der Waals surface area (Å²) in [7, 11) is 0. The lowest BCUT2D eigenvalue weighted by Gasteiger charge is -2.13. The zero-order valence-corrected chi connectivity index (χ0v) is 8.65. The van der Waals surface area contributed by atoms with Crippen molar-refractivity contribution in [3.05, 3.63) is 23.8 Å². The van der Waals surface area contributed by atoms with Crippen LogP contribution in [0.3, 0.4) is 0 Å². The molecule has 0 unspecified atom stereocenters. The standard InChI is InChI=1S/C10H14N2O3/c1-6(2)15-9-4-3-7(11)5-8(9)10(13)12-14/h3-6,14H,11H2,1-2H3,(H,12,13). The molecule has 5 heteroatoms. The van der Waals surface area contributed by atoms with Crippen molar-refractivity contribution in [2.75, 3.05) is 5.73 Å². The summed E-state index contributed by atoms with van der Waals surface area (Å²) in [6, 6.07) is 4.68. The zero-order valence-electron chi connectivity index (χ0n) is 8.65. The molecule has 0 aromatic heterocycles. The minimum absolute atomic E-state index is 0.0566. The lowest BCUT2D eigenvalue weighted by Crippen LogP contribution is -2.20. The monoisotopic (exact) mass is 210 g/mol. The number of nitrogen functional groups attached to an aromatic ring is 1. The Kier molecular flexibility index (Phi) is 3.51. The van der Waals surface area contributed by atoms with Gasteiger partial charge in [0.05, 0.1) is 11.7 Å². The Hall–Kier alpha value is -1.75. The fourth-order valence-electron chi connectivity index (χ4n) is 1.14. The largest absolute Gasteiger partial charge is 0.490 e. The van der Waals surface area contributed by atoms with Crippen LogP contribution in [-0.2, 0) is 0 Å². The van der Waals surface area contributed by atoms with Gasteiger partial charge in [-0.3, -0.25) is 10.0 Å². The average molecular weight is 210 g/mol. The number of rotatable bonds is 3. The summed E-state index contributed by atoms with van der Waals surface area (Å²) in [6.07, 6.45) is -0.0566. The summed E-state index contributed by atoms with van der Waals surface area (Å²) in [5, 5.41) is 8.54. The predicted octanol–water partition coefficient (Wildman–Crippen LogP) is 1.18. The minimum Gasteiger partial charge on any atom is -0.490 e. The van der Waals surface area contributed by atoms with E-state index in [-0.39, 0.29) is 11.7 Å². The molecule has 0 aliphatic rings. The average Bonchev–Trinajstić information content (AvgIpc) is 2.19. The van der Waals surface area contributed by atoms with E-state index >= 15 is 0 Å². The Morgan fingerprint density at radius 3 is 2.73 bits per heavy atom. The fraction of sp³-hybridized carbons (Fsp3) is 0.300. The first-order valence-electron chi connectivity index (χ1n) is 4.55. The molecular weight excluding hydrogens is 196 g/mol. The Morgan fingerprint density at radius 2 is 2.20 bits per heavy atom. The number of amides is 1. The molecule has 5 nitrogen and oxygen atoms in total. The maximum absolute atomic E-state index is 11.3. The van der Waals surface area contributed by atoms with E-state index in [0.717, 1.165) is 0 Å². The molecule has 0 heterocycles. The number of anilines is 1. The Labute approximate surface area is 87.8 Å². The number of nitrogens with two attached hydrogens (primary N) is 1. The van der Waals surface area contributed by atoms with Crippen LogP contribution < -0.4 is 16.0 Å². The molecule has 1 aromatic rings. The summed E-state index contributed by atoms with van der Waals surface area (Å²) in [5.74, 6) is -0.247. The molecular formula is C10H14N2O3. The number of benzene rings is 1. The van der Waals surface area contributed by atoms with Crippen LogP contribution in [0, 0.1) is 0 Å². The summed E-state index contributed by atoms with van der Waals surface area (Å²) < 4.78 is 5.40. The predicted molar refractivity (Wildman–Crippen MR) is 55.9 cm³/mol. The summed E-state index contributed by atoms with van der Waals surface area (Å²) in [5.41, 5.74) is 7.73. The Bertz CT molecular complexity index is 364. The van der Waals surface area contributed by atoms with Crippen molar-refractivity contribution < 1.29 is 14.7 Å². The van der Waals surface area contributed by atoms with Crippen molar-refractivity contribution in [3.8, 4) is 5.75 Å². The van der Waals surface area contributed by atoms with Crippen LogP contribution in [0.5, 0.6) is 5.75 Å². The second-order valence-corrected chi connectivity index (χ2v) is 3.36. The van der Waals surface area contributed by atoms with Crippen molar-refractivity contribution in [1.29, 1.82) is 0 Å².